The summed E-state index contributed by atoms with van der Waals surface area (Å²) in [6, 6.07) is 12.1. The maximum Gasteiger partial charge on any atom is 0.125 e. The Morgan fingerprint density at radius 2 is 1.84 bits per heavy atom. The van der Waals surface area contributed by atoms with Gasteiger partial charge in [-0.25, -0.2) is 0 Å². The van der Waals surface area contributed by atoms with Crippen LogP contribution in [0.5, 0.6) is 0 Å². The molecular formula is C16H20ClNO. The van der Waals surface area contributed by atoms with Gasteiger partial charge in [0, 0.05) is 11.4 Å². The van der Waals surface area contributed by atoms with Crippen LogP contribution in [0.1, 0.15) is 43.4 Å². The monoisotopic (exact) mass is 277 g/mol. The van der Waals surface area contributed by atoms with E-state index in [-0.39, 0.29) is 6.04 Å². The fourth-order valence-corrected chi connectivity index (χ4v) is 2.19. The zero-order chi connectivity index (χ0) is 13.7. The lowest BCUT2D eigenvalue weighted by Crippen LogP contribution is -2.22. The highest BCUT2D eigenvalue weighted by atomic mass is 35.5. The van der Waals surface area contributed by atoms with Crippen LogP contribution in [0.15, 0.2) is 40.8 Å². The average molecular weight is 278 g/mol. The standard InChI is InChI=1S/C16H20ClNO/c1-3-11-18-16(12-5-7-13(17)8-6-12)15-10-9-14(4-2)19-15/h5-10,16,18H,3-4,11H2,1-2H3. The lowest BCUT2D eigenvalue weighted by Gasteiger charge is -2.17. The van der Waals surface area contributed by atoms with Gasteiger partial charge in [0.25, 0.3) is 0 Å². The minimum absolute atomic E-state index is 0.0949. The summed E-state index contributed by atoms with van der Waals surface area (Å²) in [5.74, 6) is 1.99. The Bertz CT molecular complexity index is 504. The summed E-state index contributed by atoms with van der Waals surface area (Å²) < 4.78 is 5.88. The van der Waals surface area contributed by atoms with Crippen molar-refractivity contribution < 1.29 is 4.42 Å². The summed E-state index contributed by atoms with van der Waals surface area (Å²) in [5.41, 5.74) is 1.18. The molecule has 0 spiro atoms. The summed E-state index contributed by atoms with van der Waals surface area (Å²) in [5, 5.41) is 4.28. The van der Waals surface area contributed by atoms with Gasteiger partial charge in [0.2, 0.25) is 0 Å². The molecule has 1 heterocycles. The minimum atomic E-state index is 0.0949. The Morgan fingerprint density at radius 3 is 2.42 bits per heavy atom. The molecule has 0 amide bonds. The largest absolute Gasteiger partial charge is 0.464 e. The van der Waals surface area contributed by atoms with Gasteiger partial charge in [-0.1, -0.05) is 37.6 Å². The van der Waals surface area contributed by atoms with Crippen LogP contribution in [-0.2, 0) is 6.42 Å². The summed E-state index contributed by atoms with van der Waals surface area (Å²) in [6.45, 7) is 5.21. The molecule has 0 aliphatic heterocycles. The lowest BCUT2D eigenvalue weighted by molar-refractivity contribution is 0.422. The van der Waals surface area contributed by atoms with Crippen molar-refractivity contribution in [2.45, 2.75) is 32.7 Å². The maximum atomic E-state index is 5.95. The SMILES string of the molecule is CCCNC(c1ccc(Cl)cc1)c1ccc(CC)o1. The molecule has 0 aliphatic carbocycles. The molecule has 0 aliphatic rings. The number of nitrogens with one attached hydrogen (secondary N) is 1. The third kappa shape index (κ3) is 3.62. The molecule has 2 nitrogen and oxygen atoms in total. The first-order chi connectivity index (χ1) is 9.24. The highest BCUT2D eigenvalue weighted by molar-refractivity contribution is 6.30. The number of hydrogen-bond donors (Lipinski definition) is 1. The van der Waals surface area contributed by atoms with Crippen molar-refractivity contribution in [2.75, 3.05) is 6.54 Å². The van der Waals surface area contributed by atoms with Gasteiger partial charge in [-0.05, 0) is 42.8 Å². The van der Waals surface area contributed by atoms with E-state index < -0.39 is 0 Å². The molecule has 102 valence electrons. The third-order valence-electron chi connectivity index (χ3n) is 3.12. The molecule has 1 aromatic heterocycles. The Balaban J connectivity index is 2.26. The van der Waals surface area contributed by atoms with Crippen LogP contribution in [0.25, 0.3) is 0 Å². The molecule has 0 bridgehead atoms. The second-order valence-corrected chi connectivity index (χ2v) is 5.03. The fourth-order valence-electron chi connectivity index (χ4n) is 2.07. The van der Waals surface area contributed by atoms with E-state index in [9.17, 15) is 0 Å². The van der Waals surface area contributed by atoms with Gasteiger partial charge < -0.3 is 9.73 Å². The topological polar surface area (TPSA) is 25.2 Å². The van der Waals surface area contributed by atoms with Crippen molar-refractivity contribution in [2.24, 2.45) is 0 Å². The first-order valence-electron chi connectivity index (χ1n) is 6.82. The maximum absolute atomic E-state index is 5.95. The van der Waals surface area contributed by atoms with E-state index in [2.05, 4.69) is 25.2 Å². The Labute approximate surface area is 119 Å². The highest BCUT2D eigenvalue weighted by Gasteiger charge is 2.16. The number of rotatable bonds is 6. The number of halogens is 1. The van der Waals surface area contributed by atoms with E-state index in [4.69, 9.17) is 16.0 Å². The second-order valence-electron chi connectivity index (χ2n) is 4.60. The lowest BCUT2D eigenvalue weighted by atomic mass is 10.0. The third-order valence-corrected chi connectivity index (χ3v) is 3.37. The average Bonchev–Trinajstić information content (AvgIpc) is 2.90. The van der Waals surface area contributed by atoms with Crippen molar-refractivity contribution in [3.63, 3.8) is 0 Å². The first-order valence-corrected chi connectivity index (χ1v) is 7.19. The molecule has 0 saturated heterocycles. The molecule has 1 unspecified atom stereocenters. The van der Waals surface area contributed by atoms with Crippen LogP contribution in [0.2, 0.25) is 5.02 Å². The Kier molecular flexibility index (Phi) is 5.06. The van der Waals surface area contributed by atoms with E-state index in [1.54, 1.807) is 0 Å². The molecule has 3 heteroatoms. The van der Waals surface area contributed by atoms with Gasteiger partial charge in [0.05, 0.1) is 6.04 Å². The summed E-state index contributed by atoms with van der Waals surface area (Å²) in [7, 11) is 0. The first kappa shape index (κ1) is 14.2. The summed E-state index contributed by atoms with van der Waals surface area (Å²) in [6.07, 6.45) is 2.01. The zero-order valence-corrected chi connectivity index (χ0v) is 12.2. The van der Waals surface area contributed by atoms with Crippen LogP contribution in [-0.4, -0.2) is 6.54 Å². The van der Waals surface area contributed by atoms with Gasteiger partial charge in [0.1, 0.15) is 11.5 Å². The van der Waals surface area contributed by atoms with E-state index in [0.29, 0.717) is 0 Å². The van der Waals surface area contributed by atoms with Crippen LogP contribution in [0.3, 0.4) is 0 Å². The normalized spacial score (nSPS) is 12.6. The van der Waals surface area contributed by atoms with Gasteiger partial charge in [0.15, 0.2) is 0 Å². The molecule has 0 radical (unpaired) electrons. The Morgan fingerprint density at radius 1 is 1.11 bits per heavy atom. The molecular weight excluding hydrogens is 258 g/mol. The number of hydrogen-bond acceptors (Lipinski definition) is 2. The van der Waals surface area contributed by atoms with Crippen molar-refractivity contribution >= 4 is 11.6 Å². The van der Waals surface area contributed by atoms with E-state index in [1.165, 1.54) is 5.56 Å². The minimum Gasteiger partial charge on any atom is -0.464 e. The van der Waals surface area contributed by atoms with Crippen molar-refractivity contribution in [3.8, 4) is 0 Å². The Hall–Kier alpha value is -1.25. The molecule has 2 aromatic rings. The summed E-state index contributed by atoms with van der Waals surface area (Å²) in [4.78, 5) is 0. The van der Waals surface area contributed by atoms with Crippen LogP contribution in [0, 0.1) is 0 Å². The van der Waals surface area contributed by atoms with Crippen LogP contribution in [0.4, 0.5) is 0 Å². The second kappa shape index (κ2) is 6.78. The highest BCUT2D eigenvalue weighted by Crippen LogP contribution is 2.25. The molecule has 1 atom stereocenters. The van der Waals surface area contributed by atoms with Gasteiger partial charge in [-0.15, -0.1) is 0 Å². The number of furan rings is 1. The predicted molar refractivity (Wildman–Crippen MR) is 79.7 cm³/mol. The molecule has 19 heavy (non-hydrogen) atoms. The number of benzene rings is 1. The zero-order valence-electron chi connectivity index (χ0n) is 11.4. The predicted octanol–water partition coefficient (Wildman–Crippen LogP) is 4.58. The van der Waals surface area contributed by atoms with Gasteiger partial charge in [-0.3, -0.25) is 0 Å². The summed E-state index contributed by atoms with van der Waals surface area (Å²) >= 11 is 5.95. The quantitative estimate of drug-likeness (QED) is 0.836. The van der Waals surface area contributed by atoms with E-state index >= 15 is 0 Å². The van der Waals surface area contributed by atoms with E-state index in [0.717, 1.165) is 35.9 Å². The van der Waals surface area contributed by atoms with Crippen molar-refractivity contribution in [1.82, 2.24) is 5.32 Å². The van der Waals surface area contributed by atoms with Gasteiger partial charge in [-0.2, -0.15) is 0 Å². The van der Waals surface area contributed by atoms with Crippen LogP contribution < -0.4 is 5.32 Å². The number of aryl methyl sites for hydroxylation is 1. The molecule has 0 fully saturated rings. The fraction of sp³-hybridized carbons (Fsp3) is 0.375. The molecule has 2 rings (SSSR count). The van der Waals surface area contributed by atoms with Gasteiger partial charge >= 0.3 is 0 Å². The van der Waals surface area contributed by atoms with E-state index in [1.807, 2.05) is 30.3 Å². The smallest absolute Gasteiger partial charge is 0.125 e. The van der Waals surface area contributed by atoms with Crippen molar-refractivity contribution in [3.05, 3.63) is 58.5 Å². The molecule has 1 N–H and O–H groups in total. The van der Waals surface area contributed by atoms with Crippen LogP contribution >= 0.6 is 11.6 Å². The molecule has 0 saturated carbocycles. The van der Waals surface area contributed by atoms with Crippen molar-refractivity contribution in [1.29, 1.82) is 0 Å². The molecule has 1 aromatic carbocycles.